The zero-order valence-electron chi connectivity index (χ0n) is 18.8. The van der Waals surface area contributed by atoms with Gasteiger partial charge in [-0.2, -0.15) is 65.9 Å². The van der Waals surface area contributed by atoms with E-state index in [9.17, 15) is 89.8 Å². The van der Waals surface area contributed by atoms with Gasteiger partial charge >= 0.3 is 60.7 Å². The van der Waals surface area contributed by atoms with E-state index >= 15 is 0 Å². The van der Waals surface area contributed by atoms with Gasteiger partial charge < -0.3 is 28.4 Å². The molecule has 0 aromatic rings. The van der Waals surface area contributed by atoms with Gasteiger partial charge in [0, 0.05) is 0 Å². The molecule has 1 aliphatic heterocycles. The molecule has 26 heteroatoms. The third-order valence-corrected chi connectivity index (χ3v) is 4.08. The minimum Gasteiger partial charge on any atom is -0.456 e. The molecule has 1 fully saturated rings. The Bertz CT molecular complexity index is 1040. The number of hydrogen-bond donors (Lipinski definition) is 0. The van der Waals surface area contributed by atoms with Crippen molar-refractivity contribution in [1.82, 2.24) is 0 Å². The molecule has 0 radical (unpaired) electrons. The predicted octanol–water partition coefficient (Wildman–Crippen LogP) is 2.34. The zero-order chi connectivity index (χ0) is 33.2. The summed E-state index contributed by atoms with van der Waals surface area (Å²) in [6.45, 7) is -2.31. The number of halogens is 15. The third-order valence-electron chi connectivity index (χ3n) is 4.08. The van der Waals surface area contributed by atoms with Crippen molar-refractivity contribution in [3.63, 3.8) is 0 Å². The first-order valence-electron chi connectivity index (χ1n) is 9.57. The van der Waals surface area contributed by atoms with Crippen LogP contribution in [0.5, 0.6) is 0 Å². The molecule has 0 spiro atoms. The smallest absolute Gasteiger partial charge is 0.456 e. The van der Waals surface area contributed by atoms with Crippen LogP contribution < -0.4 is 0 Å². The van der Waals surface area contributed by atoms with E-state index in [2.05, 4.69) is 28.4 Å². The van der Waals surface area contributed by atoms with Crippen LogP contribution in [0.2, 0.25) is 0 Å². The summed E-state index contributed by atoms with van der Waals surface area (Å²) in [7, 11) is 0. The lowest BCUT2D eigenvalue weighted by Gasteiger charge is -2.43. The summed E-state index contributed by atoms with van der Waals surface area (Å²) in [5, 5.41) is 0. The molecule has 0 saturated carbocycles. The van der Waals surface area contributed by atoms with Crippen molar-refractivity contribution in [2.24, 2.45) is 0 Å². The minimum atomic E-state index is -6.29. The average Bonchev–Trinajstić information content (AvgIpc) is 2.77. The van der Waals surface area contributed by atoms with Crippen LogP contribution in [0.3, 0.4) is 0 Å². The molecule has 242 valence electrons. The van der Waals surface area contributed by atoms with Crippen molar-refractivity contribution in [2.45, 2.75) is 61.6 Å². The Kier molecular flexibility index (Phi) is 10.6. The van der Waals surface area contributed by atoms with Gasteiger partial charge in [0.15, 0.2) is 12.2 Å². The highest BCUT2D eigenvalue weighted by Gasteiger charge is 2.60. The molecule has 0 bridgehead atoms. The molecule has 0 aromatic carbocycles. The molecule has 11 nitrogen and oxygen atoms in total. The monoisotopic (exact) mass is 660 g/mol. The molecule has 5 atom stereocenters. The second kappa shape index (κ2) is 12.2. The summed E-state index contributed by atoms with van der Waals surface area (Å²) in [4.78, 5) is 56.1. The topological polar surface area (TPSA) is 141 Å². The molecule has 42 heavy (non-hydrogen) atoms. The fraction of sp³-hybridized carbons (Fsp3) is 0.688. The summed E-state index contributed by atoms with van der Waals surface area (Å²) >= 11 is 0. The first kappa shape index (κ1) is 36.3. The van der Waals surface area contributed by atoms with Gasteiger partial charge in [-0.1, -0.05) is 0 Å². The van der Waals surface area contributed by atoms with E-state index in [1.54, 1.807) is 0 Å². The molecular weight excluding hydrogens is 653 g/mol. The van der Waals surface area contributed by atoms with Gasteiger partial charge in [-0.25, -0.2) is 24.0 Å². The lowest BCUT2D eigenvalue weighted by atomic mass is 9.98. The van der Waals surface area contributed by atoms with Crippen LogP contribution in [0.15, 0.2) is 0 Å². The highest BCUT2D eigenvalue weighted by atomic mass is 19.4. The Hall–Kier alpha value is -3.74. The summed E-state index contributed by atoms with van der Waals surface area (Å²) in [5.41, 5.74) is 0. The van der Waals surface area contributed by atoms with Crippen LogP contribution in [0.25, 0.3) is 0 Å². The quantitative estimate of drug-likeness (QED) is 0.236. The zero-order valence-corrected chi connectivity index (χ0v) is 18.8. The van der Waals surface area contributed by atoms with Crippen LogP contribution in [-0.4, -0.2) is 98.0 Å². The highest BCUT2D eigenvalue weighted by molar-refractivity contribution is 5.78. The van der Waals surface area contributed by atoms with Crippen molar-refractivity contribution in [2.75, 3.05) is 6.61 Å². The first-order valence-corrected chi connectivity index (χ1v) is 9.57. The van der Waals surface area contributed by atoms with E-state index in [4.69, 9.17) is 0 Å². The van der Waals surface area contributed by atoms with Gasteiger partial charge in [0.1, 0.15) is 12.7 Å². The Morgan fingerprint density at radius 1 is 0.452 bits per heavy atom. The van der Waals surface area contributed by atoms with E-state index in [0.29, 0.717) is 0 Å². The lowest BCUT2D eigenvalue weighted by Crippen LogP contribution is -2.65. The Labute approximate surface area is 217 Å². The number of rotatable bonds is 6. The highest BCUT2D eigenvalue weighted by Crippen LogP contribution is 2.35. The van der Waals surface area contributed by atoms with Crippen LogP contribution in [0.4, 0.5) is 65.9 Å². The summed E-state index contributed by atoms with van der Waals surface area (Å²) < 4.78 is 212. The maximum Gasteiger partial charge on any atom is 0.491 e. The van der Waals surface area contributed by atoms with Gasteiger partial charge in [0.2, 0.25) is 12.4 Å². The minimum absolute atomic E-state index is 2.31. The molecule has 1 saturated heterocycles. The molecular formula is C16H7F15O11. The van der Waals surface area contributed by atoms with Crippen molar-refractivity contribution in [3.05, 3.63) is 0 Å². The van der Waals surface area contributed by atoms with Gasteiger partial charge in [-0.3, -0.25) is 0 Å². The Morgan fingerprint density at radius 3 is 1.12 bits per heavy atom. The Balaban J connectivity index is 3.82. The van der Waals surface area contributed by atoms with Crippen LogP contribution in [0, 0.1) is 0 Å². The van der Waals surface area contributed by atoms with Gasteiger partial charge in [-0.05, 0) is 0 Å². The van der Waals surface area contributed by atoms with Crippen LogP contribution in [0.1, 0.15) is 0 Å². The lowest BCUT2D eigenvalue weighted by molar-refractivity contribution is -0.321. The Morgan fingerprint density at radius 2 is 0.762 bits per heavy atom. The molecule has 0 amide bonds. The fourth-order valence-corrected chi connectivity index (χ4v) is 2.49. The molecule has 0 aliphatic carbocycles. The standard InChI is InChI=1S/C16H7F15O11/c17-12(18,19)7(32)37-1-2-3(39-8(33)13(20,21)22)4(40-9(34)14(23,24)25)5(41-10(35)15(26,27)28)6(38-2)42-11(36)16(29,30)31/h2-6H,1H2/t2-,3-,4+,5-,6-/m1/s1. The average molecular weight is 660 g/mol. The van der Waals surface area contributed by atoms with Crippen LogP contribution in [-0.2, 0) is 52.4 Å². The summed E-state index contributed by atoms with van der Waals surface area (Å²) in [6.07, 6.45) is -49.3. The van der Waals surface area contributed by atoms with E-state index in [0.717, 1.165) is 0 Å². The predicted molar refractivity (Wildman–Crippen MR) is 85.6 cm³/mol. The normalized spacial score (nSPS) is 23.8. The maximum atomic E-state index is 12.8. The second-order valence-corrected chi connectivity index (χ2v) is 7.15. The molecule has 0 N–H and O–H groups in total. The van der Waals surface area contributed by atoms with Gasteiger partial charge in [0.25, 0.3) is 0 Å². The number of alkyl halides is 15. The number of esters is 5. The fourth-order valence-electron chi connectivity index (χ4n) is 2.49. The van der Waals surface area contributed by atoms with Crippen LogP contribution >= 0.6 is 0 Å². The molecule has 0 aromatic heterocycles. The van der Waals surface area contributed by atoms with Gasteiger partial charge in [0.05, 0.1) is 0 Å². The van der Waals surface area contributed by atoms with Crippen molar-refractivity contribution >= 4 is 29.8 Å². The van der Waals surface area contributed by atoms with Gasteiger partial charge in [-0.15, -0.1) is 0 Å². The summed E-state index contributed by atoms with van der Waals surface area (Å²) in [6, 6.07) is 0. The molecule has 1 rings (SSSR count). The first-order chi connectivity index (χ1) is 18.6. The van der Waals surface area contributed by atoms with E-state index in [1.807, 2.05) is 0 Å². The second-order valence-electron chi connectivity index (χ2n) is 7.15. The number of ether oxygens (including phenoxy) is 6. The summed E-state index contributed by atoms with van der Waals surface area (Å²) in [5.74, 6) is -17.7. The maximum absolute atomic E-state index is 12.8. The number of carbonyl (C=O) groups is 5. The molecule has 1 aliphatic rings. The number of hydrogen-bond acceptors (Lipinski definition) is 11. The molecule has 1 heterocycles. The van der Waals surface area contributed by atoms with E-state index < -0.39 is 98.0 Å². The largest absolute Gasteiger partial charge is 0.491 e. The van der Waals surface area contributed by atoms with Crippen molar-refractivity contribution in [3.8, 4) is 0 Å². The SMILES string of the molecule is O=C(OC[C@H]1O[C@H](OC(=O)C(F)(F)F)[C@H](OC(=O)C(F)(F)F)[C@@H](OC(=O)C(F)(F)F)[C@@H]1OC(=O)C(F)(F)F)C(F)(F)F. The van der Waals surface area contributed by atoms with E-state index in [1.165, 1.54) is 0 Å². The van der Waals surface area contributed by atoms with E-state index in [-0.39, 0.29) is 0 Å². The number of carbonyl (C=O) groups excluding carboxylic acids is 5. The third kappa shape index (κ3) is 9.97. The molecule has 0 unspecified atom stereocenters. The van der Waals surface area contributed by atoms with Crippen molar-refractivity contribution in [1.29, 1.82) is 0 Å². The van der Waals surface area contributed by atoms with Crippen molar-refractivity contribution < 1.29 is 118 Å².